The SMILES string of the molecule is Cn1nc2nc(NCC3CC3)nc(-c3cccc(F)c3)c2c1N. The van der Waals surface area contributed by atoms with E-state index < -0.39 is 0 Å². The maximum absolute atomic E-state index is 13.6. The van der Waals surface area contributed by atoms with Gasteiger partial charge in [0.15, 0.2) is 5.65 Å². The van der Waals surface area contributed by atoms with Gasteiger partial charge in [0.2, 0.25) is 5.95 Å². The lowest BCUT2D eigenvalue weighted by Gasteiger charge is -2.08. The molecule has 118 valence electrons. The Morgan fingerprint density at radius 2 is 2.17 bits per heavy atom. The molecule has 23 heavy (non-hydrogen) atoms. The van der Waals surface area contributed by atoms with Crippen LogP contribution in [-0.2, 0) is 7.05 Å². The van der Waals surface area contributed by atoms with Crippen LogP contribution >= 0.6 is 0 Å². The fraction of sp³-hybridized carbons (Fsp3) is 0.312. The van der Waals surface area contributed by atoms with Crippen LogP contribution in [0.2, 0.25) is 0 Å². The summed E-state index contributed by atoms with van der Waals surface area (Å²) in [5.41, 5.74) is 7.87. The molecule has 0 radical (unpaired) electrons. The third-order valence-corrected chi connectivity index (χ3v) is 4.08. The van der Waals surface area contributed by atoms with Gasteiger partial charge in [-0.3, -0.25) is 4.68 Å². The van der Waals surface area contributed by atoms with Gasteiger partial charge >= 0.3 is 0 Å². The first-order chi connectivity index (χ1) is 11.1. The molecule has 6 nitrogen and oxygen atoms in total. The number of aryl methyl sites for hydroxylation is 1. The van der Waals surface area contributed by atoms with Gasteiger partial charge in [-0.05, 0) is 30.9 Å². The standard InChI is InChI=1S/C16H17FN6/c1-23-14(18)12-13(10-3-2-4-11(17)7-10)20-16(21-15(12)22-23)19-8-9-5-6-9/h2-4,7,9H,5-6,8,18H2,1H3,(H,19,21,22). The maximum atomic E-state index is 13.6. The zero-order valence-corrected chi connectivity index (χ0v) is 12.8. The zero-order chi connectivity index (χ0) is 16.0. The summed E-state index contributed by atoms with van der Waals surface area (Å²) in [5.74, 6) is 1.35. The molecule has 0 aliphatic heterocycles. The second-order valence-electron chi connectivity index (χ2n) is 5.94. The molecule has 0 bridgehead atoms. The Hall–Kier alpha value is -2.70. The topological polar surface area (TPSA) is 81.7 Å². The summed E-state index contributed by atoms with van der Waals surface area (Å²) in [6, 6.07) is 6.31. The van der Waals surface area contributed by atoms with Gasteiger partial charge in [0.25, 0.3) is 0 Å². The van der Waals surface area contributed by atoms with Crippen LogP contribution < -0.4 is 11.1 Å². The second kappa shape index (κ2) is 5.19. The highest BCUT2D eigenvalue weighted by molar-refractivity contribution is 5.98. The van der Waals surface area contributed by atoms with Crippen LogP contribution in [-0.4, -0.2) is 26.3 Å². The first-order valence-corrected chi connectivity index (χ1v) is 7.62. The van der Waals surface area contributed by atoms with Crippen LogP contribution in [0.3, 0.4) is 0 Å². The number of benzene rings is 1. The van der Waals surface area contributed by atoms with Crippen LogP contribution in [0.5, 0.6) is 0 Å². The first-order valence-electron chi connectivity index (χ1n) is 7.62. The fourth-order valence-corrected chi connectivity index (χ4v) is 2.60. The fourth-order valence-electron chi connectivity index (χ4n) is 2.60. The van der Waals surface area contributed by atoms with Crippen molar-refractivity contribution >= 4 is 22.8 Å². The van der Waals surface area contributed by atoms with Gasteiger partial charge in [-0.1, -0.05) is 12.1 Å². The molecule has 7 heteroatoms. The van der Waals surface area contributed by atoms with E-state index in [-0.39, 0.29) is 5.82 Å². The minimum Gasteiger partial charge on any atom is -0.383 e. The van der Waals surface area contributed by atoms with Crippen LogP contribution in [0.25, 0.3) is 22.3 Å². The van der Waals surface area contributed by atoms with Crippen molar-refractivity contribution in [2.24, 2.45) is 13.0 Å². The zero-order valence-electron chi connectivity index (χ0n) is 12.8. The van der Waals surface area contributed by atoms with Crippen molar-refractivity contribution < 1.29 is 4.39 Å². The highest BCUT2D eigenvalue weighted by Crippen LogP contribution is 2.32. The van der Waals surface area contributed by atoms with Gasteiger partial charge in [-0.25, -0.2) is 9.37 Å². The molecular weight excluding hydrogens is 295 g/mol. The molecule has 0 amide bonds. The minimum absolute atomic E-state index is 0.316. The molecule has 1 saturated carbocycles. The molecule has 0 atom stereocenters. The Balaban J connectivity index is 1.87. The average molecular weight is 312 g/mol. The van der Waals surface area contributed by atoms with Crippen molar-refractivity contribution in [3.8, 4) is 11.3 Å². The number of nitrogen functional groups attached to an aromatic ring is 1. The molecule has 0 unspecified atom stereocenters. The van der Waals surface area contributed by atoms with Gasteiger partial charge in [0, 0.05) is 19.2 Å². The van der Waals surface area contributed by atoms with Crippen LogP contribution in [0, 0.1) is 11.7 Å². The Kier molecular flexibility index (Phi) is 3.14. The quantitative estimate of drug-likeness (QED) is 0.774. The number of hydrogen-bond donors (Lipinski definition) is 2. The highest BCUT2D eigenvalue weighted by Gasteiger charge is 2.22. The van der Waals surface area contributed by atoms with Crippen molar-refractivity contribution in [1.29, 1.82) is 0 Å². The molecule has 1 aromatic carbocycles. The molecule has 3 N–H and O–H groups in total. The summed E-state index contributed by atoms with van der Waals surface area (Å²) >= 11 is 0. The van der Waals surface area contributed by atoms with Crippen molar-refractivity contribution in [2.45, 2.75) is 12.8 Å². The van der Waals surface area contributed by atoms with Crippen LogP contribution in [0.1, 0.15) is 12.8 Å². The van der Waals surface area contributed by atoms with Gasteiger partial charge in [-0.15, -0.1) is 0 Å². The molecule has 1 aliphatic carbocycles. The van der Waals surface area contributed by atoms with Crippen molar-refractivity contribution in [1.82, 2.24) is 19.7 Å². The van der Waals surface area contributed by atoms with E-state index >= 15 is 0 Å². The smallest absolute Gasteiger partial charge is 0.225 e. The van der Waals surface area contributed by atoms with E-state index in [9.17, 15) is 4.39 Å². The van der Waals surface area contributed by atoms with E-state index in [0.717, 1.165) is 6.54 Å². The lowest BCUT2D eigenvalue weighted by molar-refractivity contribution is 0.628. The Bertz CT molecular complexity index is 884. The van der Waals surface area contributed by atoms with E-state index in [0.29, 0.717) is 40.0 Å². The van der Waals surface area contributed by atoms with E-state index in [1.54, 1.807) is 17.8 Å². The predicted octanol–water partition coefficient (Wildman–Crippen LogP) is 2.57. The number of nitrogens with two attached hydrogens (primary N) is 1. The number of fused-ring (bicyclic) bond motifs is 1. The molecule has 1 fully saturated rings. The molecular formula is C16H17FN6. The predicted molar refractivity (Wildman–Crippen MR) is 87.3 cm³/mol. The van der Waals surface area contributed by atoms with Gasteiger partial charge in [0.05, 0.1) is 11.1 Å². The van der Waals surface area contributed by atoms with Crippen molar-refractivity contribution in [2.75, 3.05) is 17.6 Å². The number of hydrogen-bond acceptors (Lipinski definition) is 5. The molecule has 4 rings (SSSR count). The summed E-state index contributed by atoms with van der Waals surface area (Å²) in [6.07, 6.45) is 2.48. The number of rotatable bonds is 4. The number of nitrogens with zero attached hydrogens (tertiary/aromatic N) is 4. The van der Waals surface area contributed by atoms with Gasteiger partial charge in [0.1, 0.15) is 11.6 Å². The average Bonchev–Trinajstić information content (AvgIpc) is 3.31. The molecule has 0 spiro atoms. The maximum Gasteiger partial charge on any atom is 0.225 e. The Morgan fingerprint density at radius 1 is 1.35 bits per heavy atom. The van der Waals surface area contributed by atoms with Crippen molar-refractivity contribution in [3.05, 3.63) is 30.1 Å². The number of anilines is 2. The monoisotopic (exact) mass is 312 g/mol. The summed E-state index contributed by atoms with van der Waals surface area (Å²) in [5, 5.41) is 8.23. The molecule has 3 aromatic rings. The third-order valence-electron chi connectivity index (χ3n) is 4.08. The normalized spacial score (nSPS) is 14.3. The number of nitrogens with one attached hydrogen (secondary N) is 1. The number of aromatic nitrogens is 4. The van der Waals surface area contributed by atoms with Gasteiger partial charge in [-0.2, -0.15) is 10.1 Å². The third kappa shape index (κ3) is 2.58. The number of halogens is 1. The van der Waals surface area contributed by atoms with E-state index in [4.69, 9.17) is 5.73 Å². The molecule has 1 aliphatic rings. The summed E-state index contributed by atoms with van der Waals surface area (Å²) in [6.45, 7) is 0.844. The van der Waals surface area contributed by atoms with E-state index in [1.165, 1.54) is 25.0 Å². The minimum atomic E-state index is -0.316. The van der Waals surface area contributed by atoms with Gasteiger partial charge < -0.3 is 11.1 Å². The first kappa shape index (κ1) is 13.9. The van der Waals surface area contributed by atoms with Crippen LogP contribution in [0.4, 0.5) is 16.2 Å². The largest absolute Gasteiger partial charge is 0.383 e. The van der Waals surface area contributed by atoms with Crippen molar-refractivity contribution in [3.63, 3.8) is 0 Å². The Morgan fingerprint density at radius 3 is 2.91 bits per heavy atom. The molecule has 2 aromatic heterocycles. The van der Waals surface area contributed by atoms with E-state index in [2.05, 4.69) is 20.4 Å². The summed E-state index contributed by atoms with van der Waals surface area (Å²) in [4.78, 5) is 9.00. The second-order valence-corrected chi connectivity index (χ2v) is 5.94. The molecule has 0 saturated heterocycles. The summed E-state index contributed by atoms with van der Waals surface area (Å²) in [7, 11) is 1.75. The lowest BCUT2D eigenvalue weighted by Crippen LogP contribution is -2.07. The Labute approximate surface area is 132 Å². The van der Waals surface area contributed by atoms with E-state index in [1.807, 2.05) is 6.07 Å². The molecule has 2 heterocycles. The lowest BCUT2D eigenvalue weighted by atomic mass is 10.1. The summed E-state index contributed by atoms with van der Waals surface area (Å²) < 4.78 is 15.2. The van der Waals surface area contributed by atoms with Crippen LogP contribution in [0.15, 0.2) is 24.3 Å². The highest BCUT2D eigenvalue weighted by atomic mass is 19.1.